The van der Waals surface area contributed by atoms with E-state index in [9.17, 15) is 0 Å². The van der Waals surface area contributed by atoms with Crippen LogP contribution in [-0.2, 0) is 0 Å². The number of para-hydroxylation sites is 2. The van der Waals surface area contributed by atoms with Crippen LogP contribution in [0.25, 0.3) is 94.7 Å². The van der Waals surface area contributed by atoms with Crippen LogP contribution in [0.15, 0.2) is 168 Å². The molecule has 0 aliphatic carbocycles. The fourth-order valence-electron chi connectivity index (χ4n) is 7.08. The number of pyridine rings is 1. The van der Waals surface area contributed by atoms with Crippen molar-refractivity contribution in [3.8, 4) is 51.0 Å². The van der Waals surface area contributed by atoms with E-state index in [1.807, 2.05) is 91.3 Å². The van der Waals surface area contributed by atoms with Gasteiger partial charge in [-0.3, -0.25) is 4.98 Å². The van der Waals surface area contributed by atoms with Crippen molar-refractivity contribution in [2.75, 3.05) is 0 Å². The van der Waals surface area contributed by atoms with Crippen LogP contribution >= 0.6 is 0 Å². The van der Waals surface area contributed by atoms with E-state index in [4.69, 9.17) is 19.4 Å². The van der Waals surface area contributed by atoms with Crippen molar-refractivity contribution in [1.82, 2.24) is 24.5 Å². The molecule has 234 valence electrons. The Bertz CT molecular complexity index is 2790. The van der Waals surface area contributed by atoms with Gasteiger partial charge >= 0.3 is 0 Å². The van der Waals surface area contributed by atoms with Crippen LogP contribution < -0.4 is 0 Å². The van der Waals surface area contributed by atoms with Gasteiger partial charge in [0.15, 0.2) is 23.1 Å². The number of rotatable bonds is 5. The second kappa shape index (κ2) is 11.4. The molecule has 10 aromatic rings. The van der Waals surface area contributed by atoms with Crippen molar-refractivity contribution >= 4 is 43.7 Å². The summed E-state index contributed by atoms with van der Waals surface area (Å²) in [6.45, 7) is 0. The molecule has 0 amide bonds. The molecule has 0 aliphatic heterocycles. The van der Waals surface area contributed by atoms with E-state index in [1.165, 1.54) is 5.39 Å². The lowest BCUT2D eigenvalue weighted by molar-refractivity contribution is 0.671. The summed E-state index contributed by atoms with van der Waals surface area (Å²) in [5.41, 5.74) is 9.54. The molecule has 0 saturated heterocycles. The highest BCUT2D eigenvalue weighted by atomic mass is 16.3. The quantitative estimate of drug-likeness (QED) is 0.187. The topological polar surface area (TPSA) is 69.6 Å². The van der Waals surface area contributed by atoms with Gasteiger partial charge < -0.3 is 8.98 Å². The lowest BCUT2D eigenvalue weighted by Gasteiger charge is -2.10. The Morgan fingerprint density at radius 1 is 0.460 bits per heavy atom. The van der Waals surface area contributed by atoms with Crippen LogP contribution in [0.4, 0.5) is 0 Å². The standard InChI is InChI=1S/C44H27N5O/c1-4-12-29(13-5-1)42-46-43(30-14-6-2-7-15-30)48-44(47-42)31-26-36(28-22-24-45-25-23-28)39-35-21-20-34-33-18-10-11-19-37(33)49(32-16-8-3-9-17-32)40(34)41(35)50-38(39)27-31/h1-27H. The summed E-state index contributed by atoms with van der Waals surface area (Å²) in [5.74, 6) is 1.79. The third-order valence-corrected chi connectivity index (χ3v) is 9.34. The van der Waals surface area contributed by atoms with Gasteiger partial charge in [0.05, 0.1) is 11.0 Å². The lowest BCUT2D eigenvalue weighted by atomic mass is 9.97. The molecule has 6 heteroatoms. The number of benzene rings is 6. The molecule has 4 heterocycles. The number of fused-ring (bicyclic) bond motifs is 7. The molecule has 0 fully saturated rings. The van der Waals surface area contributed by atoms with Crippen LogP contribution in [0.3, 0.4) is 0 Å². The zero-order chi connectivity index (χ0) is 33.0. The first-order valence-electron chi connectivity index (χ1n) is 16.6. The van der Waals surface area contributed by atoms with Gasteiger partial charge in [0.2, 0.25) is 0 Å². The van der Waals surface area contributed by atoms with E-state index in [0.717, 1.165) is 71.9 Å². The second-order valence-corrected chi connectivity index (χ2v) is 12.3. The highest BCUT2D eigenvalue weighted by molar-refractivity contribution is 6.24. The molecular formula is C44H27N5O. The molecule has 0 unspecified atom stereocenters. The van der Waals surface area contributed by atoms with E-state index in [1.54, 1.807) is 0 Å². The van der Waals surface area contributed by atoms with Gasteiger partial charge in [-0.15, -0.1) is 0 Å². The van der Waals surface area contributed by atoms with Gasteiger partial charge in [-0.1, -0.05) is 103 Å². The molecule has 4 aromatic heterocycles. The maximum Gasteiger partial charge on any atom is 0.164 e. The van der Waals surface area contributed by atoms with Gasteiger partial charge in [-0.05, 0) is 59.7 Å². The van der Waals surface area contributed by atoms with Crippen molar-refractivity contribution in [3.63, 3.8) is 0 Å². The van der Waals surface area contributed by atoms with Crippen LogP contribution in [0.2, 0.25) is 0 Å². The van der Waals surface area contributed by atoms with Crippen molar-refractivity contribution < 1.29 is 4.42 Å². The van der Waals surface area contributed by atoms with Gasteiger partial charge in [0.1, 0.15) is 5.58 Å². The summed E-state index contributed by atoms with van der Waals surface area (Å²) in [7, 11) is 0. The molecule has 0 saturated carbocycles. The first-order chi connectivity index (χ1) is 24.8. The molecule has 50 heavy (non-hydrogen) atoms. The molecule has 6 aromatic carbocycles. The fourth-order valence-corrected chi connectivity index (χ4v) is 7.08. The predicted octanol–water partition coefficient (Wildman–Crippen LogP) is 10.9. The minimum atomic E-state index is 0.568. The summed E-state index contributed by atoms with van der Waals surface area (Å²) < 4.78 is 9.32. The highest BCUT2D eigenvalue weighted by Gasteiger charge is 2.22. The Morgan fingerprint density at radius 2 is 1.04 bits per heavy atom. The third kappa shape index (κ3) is 4.50. The monoisotopic (exact) mass is 641 g/mol. The number of hydrogen-bond acceptors (Lipinski definition) is 5. The number of aromatic nitrogens is 5. The minimum Gasteiger partial charge on any atom is -0.454 e. The molecule has 0 atom stereocenters. The number of nitrogens with zero attached hydrogens (tertiary/aromatic N) is 5. The normalized spacial score (nSPS) is 11.6. The van der Waals surface area contributed by atoms with Crippen molar-refractivity contribution in [2.24, 2.45) is 0 Å². The van der Waals surface area contributed by atoms with Crippen LogP contribution in [-0.4, -0.2) is 24.5 Å². The Balaban J connectivity index is 1.30. The molecule has 0 spiro atoms. The third-order valence-electron chi connectivity index (χ3n) is 9.34. The second-order valence-electron chi connectivity index (χ2n) is 12.3. The number of hydrogen-bond donors (Lipinski definition) is 0. The molecule has 0 bridgehead atoms. The largest absolute Gasteiger partial charge is 0.454 e. The molecular weight excluding hydrogens is 615 g/mol. The fraction of sp³-hybridized carbons (Fsp3) is 0. The number of furan rings is 1. The smallest absolute Gasteiger partial charge is 0.164 e. The Hall–Kier alpha value is -6.92. The SMILES string of the molecule is c1ccc(-c2nc(-c3ccccc3)nc(-c3cc(-c4ccncc4)c4c(c3)oc3c4ccc4c5ccccc5n(-c5ccccc5)c43)n2)cc1. The molecule has 6 nitrogen and oxygen atoms in total. The summed E-state index contributed by atoms with van der Waals surface area (Å²) in [5, 5.41) is 4.38. The maximum absolute atomic E-state index is 7.00. The van der Waals surface area contributed by atoms with E-state index < -0.39 is 0 Å². The average Bonchev–Trinajstić information content (AvgIpc) is 3.75. The van der Waals surface area contributed by atoms with E-state index in [-0.39, 0.29) is 0 Å². The maximum atomic E-state index is 7.00. The van der Waals surface area contributed by atoms with Gasteiger partial charge in [-0.2, -0.15) is 0 Å². The summed E-state index contributed by atoms with van der Waals surface area (Å²) in [6, 6.07) is 51.8. The van der Waals surface area contributed by atoms with Crippen molar-refractivity contribution in [1.29, 1.82) is 0 Å². The van der Waals surface area contributed by atoms with E-state index >= 15 is 0 Å². The molecule has 0 N–H and O–H groups in total. The zero-order valence-corrected chi connectivity index (χ0v) is 26.7. The van der Waals surface area contributed by atoms with Gasteiger partial charge in [0, 0.05) is 56.3 Å². The first-order valence-corrected chi connectivity index (χ1v) is 16.6. The minimum absolute atomic E-state index is 0.568. The van der Waals surface area contributed by atoms with E-state index in [0.29, 0.717) is 17.5 Å². The molecule has 0 aliphatic rings. The van der Waals surface area contributed by atoms with Crippen LogP contribution in [0.1, 0.15) is 0 Å². The Labute approximate surface area is 287 Å². The summed E-state index contributed by atoms with van der Waals surface area (Å²) >= 11 is 0. The zero-order valence-electron chi connectivity index (χ0n) is 26.7. The van der Waals surface area contributed by atoms with Gasteiger partial charge in [0.25, 0.3) is 0 Å². The van der Waals surface area contributed by atoms with Crippen molar-refractivity contribution in [2.45, 2.75) is 0 Å². The average molecular weight is 642 g/mol. The van der Waals surface area contributed by atoms with Gasteiger partial charge in [-0.25, -0.2) is 15.0 Å². The first kappa shape index (κ1) is 28.1. The predicted molar refractivity (Wildman–Crippen MR) is 201 cm³/mol. The van der Waals surface area contributed by atoms with Crippen LogP contribution in [0.5, 0.6) is 0 Å². The molecule has 10 rings (SSSR count). The van der Waals surface area contributed by atoms with Crippen LogP contribution in [0, 0.1) is 0 Å². The highest BCUT2D eigenvalue weighted by Crippen LogP contribution is 2.44. The summed E-state index contributed by atoms with van der Waals surface area (Å²) in [6.07, 6.45) is 3.65. The lowest BCUT2D eigenvalue weighted by Crippen LogP contribution is -2.00. The van der Waals surface area contributed by atoms with E-state index in [2.05, 4.69) is 82.3 Å². The molecule has 0 radical (unpaired) electrons. The summed E-state index contributed by atoms with van der Waals surface area (Å²) in [4.78, 5) is 19.3. The Morgan fingerprint density at radius 3 is 1.72 bits per heavy atom. The van der Waals surface area contributed by atoms with Crippen molar-refractivity contribution in [3.05, 3.63) is 164 Å². The Kier molecular flexibility index (Phi) is 6.39.